The molecular formula is C17H28N2O3. The highest BCUT2D eigenvalue weighted by Crippen LogP contribution is 2.22. The van der Waals surface area contributed by atoms with Crippen LogP contribution in [0.4, 0.5) is 4.79 Å². The molecule has 0 aliphatic carbocycles. The smallest absolute Gasteiger partial charge is 0.408 e. The van der Waals surface area contributed by atoms with Crippen molar-refractivity contribution in [2.45, 2.75) is 66.7 Å². The summed E-state index contributed by atoms with van der Waals surface area (Å²) in [6.07, 6.45) is 0.157. The minimum atomic E-state index is -0.693. The van der Waals surface area contributed by atoms with E-state index in [0.717, 1.165) is 29.8 Å². The number of alkyl carbamates (subject to hydrolysis) is 1. The molecule has 0 bridgehead atoms. The molecular weight excluding hydrogens is 280 g/mol. The van der Waals surface area contributed by atoms with Gasteiger partial charge in [-0.1, -0.05) is 13.8 Å². The second-order valence-corrected chi connectivity index (χ2v) is 7.09. The Balaban J connectivity index is 2.96. The average Bonchev–Trinajstić information content (AvgIpc) is 2.61. The first-order chi connectivity index (χ1) is 10.0. The SMILES string of the molecule is Cc1cc(C(C=O)NC(=O)OC(C)(C)C)c(C)n1CC(C)C. The van der Waals surface area contributed by atoms with Gasteiger partial charge in [0.25, 0.3) is 0 Å². The third kappa shape index (κ3) is 4.90. The largest absolute Gasteiger partial charge is 0.444 e. The number of rotatable bonds is 5. The number of aromatic nitrogens is 1. The molecule has 1 aromatic rings. The first kappa shape index (κ1) is 18.3. The van der Waals surface area contributed by atoms with Gasteiger partial charge < -0.3 is 19.4 Å². The van der Waals surface area contributed by atoms with Crippen LogP contribution >= 0.6 is 0 Å². The Morgan fingerprint density at radius 3 is 2.41 bits per heavy atom. The van der Waals surface area contributed by atoms with Crippen LogP contribution in [-0.2, 0) is 16.1 Å². The molecule has 1 atom stereocenters. The lowest BCUT2D eigenvalue weighted by Crippen LogP contribution is -2.35. The van der Waals surface area contributed by atoms with E-state index in [1.807, 2.05) is 19.9 Å². The lowest BCUT2D eigenvalue weighted by atomic mass is 10.1. The molecule has 1 unspecified atom stereocenters. The Hall–Kier alpha value is -1.78. The zero-order chi connectivity index (χ0) is 17.1. The second kappa shape index (κ2) is 6.99. The number of ether oxygens (including phenoxy) is 1. The van der Waals surface area contributed by atoms with Gasteiger partial charge in [-0.15, -0.1) is 0 Å². The topological polar surface area (TPSA) is 60.3 Å². The van der Waals surface area contributed by atoms with Gasteiger partial charge in [0, 0.05) is 23.5 Å². The van der Waals surface area contributed by atoms with E-state index in [0.29, 0.717) is 5.92 Å². The standard InChI is InChI=1S/C17H28N2O3/c1-11(2)9-19-12(3)8-14(13(19)4)15(10-20)18-16(21)22-17(5,6)7/h8,10-11,15H,9H2,1-7H3,(H,18,21). The van der Waals surface area contributed by atoms with Crippen molar-refractivity contribution in [2.24, 2.45) is 5.92 Å². The Bertz CT molecular complexity index is 539. The van der Waals surface area contributed by atoms with E-state index >= 15 is 0 Å². The summed E-state index contributed by atoms with van der Waals surface area (Å²) in [5, 5.41) is 2.63. The van der Waals surface area contributed by atoms with Gasteiger partial charge in [-0.05, 0) is 46.6 Å². The van der Waals surface area contributed by atoms with Crippen LogP contribution in [0, 0.1) is 19.8 Å². The van der Waals surface area contributed by atoms with E-state index in [1.165, 1.54) is 0 Å². The Labute approximate surface area is 133 Å². The highest BCUT2D eigenvalue weighted by Gasteiger charge is 2.23. The highest BCUT2D eigenvalue weighted by atomic mass is 16.6. The van der Waals surface area contributed by atoms with Gasteiger partial charge in [0.05, 0.1) is 0 Å². The lowest BCUT2D eigenvalue weighted by molar-refractivity contribution is -0.109. The lowest BCUT2D eigenvalue weighted by Gasteiger charge is -2.21. The van der Waals surface area contributed by atoms with Crippen molar-refractivity contribution in [3.63, 3.8) is 0 Å². The highest BCUT2D eigenvalue weighted by molar-refractivity contribution is 5.75. The van der Waals surface area contributed by atoms with Gasteiger partial charge >= 0.3 is 6.09 Å². The number of nitrogens with one attached hydrogen (secondary N) is 1. The van der Waals surface area contributed by atoms with Crippen LogP contribution in [0.25, 0.3) is 0 Å². The fourth-order valence-electron chi connectivity index (χ4n) is 2.41. The van der Waals surface area contributed by atoms with Crippen molar-refractivity contribution >= 4 is 12.4 Å². The van der Waals surface area contributed by atoms with E-state index in [2.05, 4.69) is 23.7 Å². The molecule has 0 radical (unpaired) electrons. The molecule has 0 fully saturated rings. The number of nitrogens with zero attached hydrogens (tertiary/aromatic N) is 1. The fraction of sp³-hybridized carbons (Fsp3) is 0.647. The molecule has 0 aliphatic heterocycles. The molecule has 0 aromatic carbocycles. The summed E-state index contributed by atoms with van der Waals surface area (Å²) in [5.74, 6) is 0.506. The van der Waals surface area contributed by atoms with Crippen LogP contribution in [-0.4, -0.2) is 22.5 Å². The Morgan fingerprint density at radius 2 is 1.95 bits per heavy atom. The average molecular weight is 308 g/mol. The normalized spacial score (nSPS) is 13.1. The van der Waals surface area contributed by atoms with Crippen molar-refractivity contribution in [3.8, 4) is 0 Å². The minimum Gasteiger partial charge on any atom is -0.444 e. The van der Waals surface area contributed by atoms with Crippen molar-refractivity contribution in [3.05, 3.63) is 23.0 Å². The number of carbonyl (C=O) groups excluding carboxylic acids is 2. The van der Waals surface area contributed by atoms with Crippen molar-refractivity contribution in [1.82, 2.24) is 9.88 Å². The summed E-state index contributed by atoms with van der Waals surface area (Å²) in [5.41, 5.74) is 2.31. The summed E-state index contributed by atoms with van der Waals surface area (Å²) in [4.78, 5) is 23.3. The van der Waals surface area contributed by atoms with E-state index in [4.69, 9.17) is 4.74 Å². The van der Waals surface area contributed by atoms with Gasteiger partial charge in [-0.2, -0.15) is 0 Å². The van der Waals surface area contributed by atoms with Crippen LogP contribution in [0.1, 0.15) is 57.6 Å². The number of aryl methyl sites for hydroxylation is 1. The Morgan fingerprint density at radius 1 is 1.36 bits per heavy atom. The zero-order valence-electron chi connectivity index (χ0n) is 14.7. The monoisotopic (exact) mass is 308 g/mol. The predicted molar refractivity (Wildman–Crippen MR) is 86.9 cm³/mol. The molecule has 0 saturated carbocycles. The summed E-state index contributed by atoms with van der Waals surface area (Å²) in [7, 11) is 0. The third-order valence-corrected chi connectivity index (χ3v) is 3.30. The number of aldehydes is 1. The molecule has 5 heteroatoms. The maximum atomic E-state index is 11.9. The summed E-state index contributed by atoms with van der Waals surface area (Å²) in [6.45, 7) is 14.5. The van der Waals surface area contributed by atoms with E-state index in [1.54, 1.807) is 20.8 Å². The molecule has 22 heavy (non-hydrogen) atoms. The summed E-state index contributed by atoms with van der Waals surface area (Å²) >= 11 is 0. The molecule has 0 saturated heterocycles. The van der Waals surface area contributed by atoms with E-state index < -0.39 is 17.7 Å². The summed E-state index contributed by atoms with van der Waals surface area (Å²) in [6, 6.07) is 1.26. The van der Waals surface area contributed by atoms with Gasteiger partial charge in [-0.25, -0.2) is 4.79 Å². The molecule has 124 valence electrons. The van der Waals surface area contributed by atoms with Gasteiger partial charge in [0.1, 0.15) is 17.9 Å². The van der Waals surface area contributed by atoms with Crippen LogP contribution in [0.2, 0.25) is 0 Å². The van der Waals surface area contributed by atoms with E-state index in [9.17, 15) is 9.59 Å². The molecule has 0 spiro atoms. The third-order valence-electron chi connectivity index (χ3n) is 3.30. The van der Waals surface area contributed by atoms with Gasteiger partial charge in [0.2, 0.25) is 0 Å². The first-order valence-corrected chi connectivity index (χ1v) is 7.66. The molecule has 1 heterocycles. The molecule has 1 aromatic heterocycles. The molecule has 1 amide bonds. The minimum absolute atomic E-state index is 0.506. The van der Waals surface area contributed by atoms with Crippen LogP contribution in [0.15, 0.2) is 6.07 Å². The van der Waals surface area contributed by atoms with Crippen LogP contribution in [0.3, 0.4) is 0 Å². The van der Waals surface area contributed by atoms with Gasteiger partial charge in [0.15, 0.2) is 0 Å². The number of hydrogen-bond donors (Lipinski definition) is 1. The number of hydrogen-bond acceptors (Lipinski definition) is 3. The number of carbonyl (C=O) groups is 2. The van der Waals surface area contributed by atoms with Crippen LogP contribution < -0.4 is 5.32 Å². The Kier molecular flexibility index (Phi) is 5.80. The van der Waals surface area contributed by atoms with Crippen molar-refractivity contribution in [2.75, 3.05) is 0 Å². The summed E-state index contributed by atoms with van der Waals surface area (Å²) < 4.78 is 7.39. The van der Waals surface area contributed by atoms with Crippen molar-refractivity contribution < 1.29 is 14.3 Å². The van der Waals surface area contributed by atoms with E-state index in [-0.39, 0.29) is 0 Å². The molecule has 1 rings (SSSR count). The molecule has 5 nitrogen and oxygen atoms in total. The quantitative estimate of drug-likeness (QED) is 0.847. The van der Waals surface area contributed by atoms with Crippen molar-refractivity contribution in [1.29, 1.82) is 0 Å². The van der Waals surface area contributed by atoms with Gasteiger partial charge in [-0.3, -0.25) is 0 Å². The number of amides is 1. The maximum absolute atomic E-state index is 11.9. The fourth-order valence-corrected chi connectivity index (χ4v) is 2.41. The zero-order valence-corrected chi connectivity index (χ0v) is 14.7. The first-order valence-electron chi connectivity index (χ1n) is 7.66. The second-order valence-electron chi connectivity index (χ2n) is 7.09. The van der Waals surface area contributed by atoms with Crippen LogP contribution in [0.5, 0.6) is 0 Å². The molecule has 0 aliphatic rings. The predicted octanol–water partition coefficient (Wildman–Crippen LogP) is 3.53. The maximum Gasteiger partial charge on any atom is 0.408 e. The molecule has 1 N–H and O–H groups in total.